The predicted octanol–water partition coefficient (Wildman–Crippen LogP) is 7.01. The molecule has 0 aromatic heterocycles. The zero-order valence-corrected chi connectivity index (χ0v) is 18.9. The topological polar surface area (TPSA) is 30.5 Å². The van der Waals surface area contributed by atoms with E-state index in [9.17, 15) is 0 Å². The number of benzene rings is 2. The van der Waals surface area contributed by atoms with Gasteiger partial charge in [0.15, 0.2) is 11.5 Å². The molecule has 0 aliphatic carbocycles. The molecular formula is C21H26BrCl2NO2. The van der Waals surface area contributed by atoms with Crippen LogP contribution in [0.3, 0.4) is 0 Å². The third kappa shape index (κ3) is 7.19. The molecule has 0 fully saturated rings. The number of ether oxygens (including phenoxy) is 2. The minimum atomic E-state index is 0.384. The van der Waals surface area contributed by atoms with Crippen LogP contribution in [0.25, 0.3) is 0 Å². The van der Waals surface area contributed by atoms with E-state index in [1.165, 1.54) is 25.7 Å². The van der Waals surface area contributed by atoms with Gasteiger partial charge >= 0.3 is 0 Å². The first kappa shape index (κ1) is 22.4. The van der Waals surface area contributed by atoms with Crippen molar-refractivity contribution in [3.8, 4) is 11.5 Å². The van der Waals surface area contributed by atoms with Gasteiger partial charge in [-0.3, -0.25) is 0 Å². The highest BCUT2D eigenvalue weighted by Crippen LogP contribution is 2.34. The van der Waals surface area contributed by atoms with Gasteiger partial charge in [-0.05, 0) is 48.4 Å². The van der Waals surface area contributed by atoms with Gasteiger partial charge in [0.1, 0.15) is 6.61 Å². The molecule has 2 aromatic carbocycles. The Hall–Kier alpha value is -0.940. The fourth-order valence-electron chi connectivity index (χ4n) is 2.68. The molecule has 2 rings (SSSR count). The monoisotopic (exact) mass is 473 g/mol. The summed E-state index contributed by atoms with van der Waals surface area (Å²) < 4.78 is 12.4. The van der Waals surface area contributed by atoms with Gasteiger partial charge in [-0.2, -0.15) is 0 Å². The Kier molecular flexibility index (Phi) is 9.77. The summed E-state index contributed by atoms with van der Waals surface area (Å²) in [4.78, 5) is 0. The van der Waals surface area contributed by atoms with Crippen molar-refractivity contribution in [1.29, 1.82) is 0 Å². The summed E-state index contributed by atoms with van der Waals surface area (Å²) in [5.41, 5.74) is 2.09. The van der Waals surface area contributed by atoms with Gasteiger partial charge in [-0.15, -0.1) is 0 Å². The van der Waals surface area contributed by atoms with Crippen LogP contribution in [-0.2, 0) is 13.2 Å². The number of nitrogens with one attached hydrogen (secondary N) is 1. The lowest BCUT2D eigenvalue weighted by Crippen LogP contribution is -2.15. The van der Waals surface area contributed by atoms with Crippen molar-refractivity contribution in [3.05, 3.63) is 56.0 Å². The minimum absolute atomic E-state index is 0.384. The summed E-state index contributed by atoms with van der Waals surface area (Å²) in [7, 11) is 1.65. The van der Waals surface area contributed by atoms with Gasteiger partial charge in [0.25, 0.3) is 0 Å². The van der Waals surface area contributed by atoms with Gasteiger partial charge in [-0.1, -0.05) is 71.4 Å². The summed E-state index contributed by atoms with van der Waals surface area (Å²) in [5, 5.41) is 4.54. The third-order valence-corrected chi connectivity index (χ3v) is 5.71. The van der Waals surface area contributed by atoms with E-state index >= 15 is 0 Å². The zero-order valence-electron chi connectivity index (χ0n) is 15.8. The van der Waals surface area contributed by atoms with Gasteiger partial charge in [0.05, 0.1) is 17.2 Å². The van der Waals surface area contributed by atoms with Crippen LogP contribution in [0.5, 0.6) is 11.5 Å². The lowest BCUT2D eigenvalue weighted by molar-refractivity contribution is 0.284. The smallest absolute Gasteiger partial charge is 0.162 e. The molecular weight excluding hydrogens is 449 g/mol. The van der Waals surface area contributed by atoms with Crippen molar-refractivity contribution >= 4 is 39.1 Å². The molecule has 0 aliphatic heterocycles. The molecule has 0 heterocycles. The van der Waals surface area contributed by atoms with E-state index in [2.05, 4.69) is 28.2 Å². The average molecular weight is 475 g/mol. The normalized spacial score (nSPS) is 10.9. The van der Waals surface area contributed by atoms with Crippen LogP contribution in [-0.4, -0.2) is 13.7 Å². The molecule has 1 N–H and O–H groups in total. The number of hydrogen-bond acceptors (Lipinski definition) is 3. The van der Waals surface area contributed by atoms with Crippen LogP contribution in [0.15, 0.2) is 34.8 Å². The van der Waals surface area contributed by atoms with E-state index in [0.717, 1.165) is 28.7 Å². The maximum Gasteiger partial charge on any atom is 0.162 e. The van der Waals surface area contributed by atoms with E-state index in [1.54, 1.807) is 13.2 Å². The third-order valence-electron chi connectivity index (χ3n) is 4.23. The van der Waals surface area contributed by atoms with Crippen molar-refractivity contribution < 1.29 is 9.47 Å². The zero-order chi connectivity index (χ0) is 19.6. The van der Waals surface area contributed by atoms with Gasteiger partial charge in [0, 0.05) is 11.0 Å². The van der Waals surface area contributed by atoms with Gasteiger partial charge in [0.2, 0.25) is 0 Å². The van der Waals surface area contributed by atoms with Crippen molar-refractivity contribution in [2.24, 2.45) is 0 Å². The fraction of sp³-hybridized carbons (Fsp3) is 0.429. The Labute approximate surface area is 180 Å². The largest absolute Gasteiger partial charge is 0.493 e. The SMILES string of the molecule is CCCCCCNCc1cc(OC)c(OCc2ccc(Cl)c(Cl)c2)cc1Br. The summed E-state index contributed by atoms with van der Waals surface area (Å²) >= 11 is 15.7. The van der Waals surface area contributed by atoms with Crippen molar-refractivity contribution in [3.63, 3.8) is 0 Å². The lowest BCUT2D eigenvalue weighted by Gasteiger charge is -2.15. The molecule has 0 saturated heterocycles. The van der Waals surface area contributed by atoms with Crippen LogP contribution < -0.4 is 14.8 Å². The first-order chi connectivity index (χ1) is 13.0. The van der Waals surface area contributed by atoms with Crippen LogP contribution in [0.1, 0.15) is 43.7 Å². The molecule has 148 valence electrons. The summed E-state index contributed by atoms with van der Waals surface area (Å²) in [6.07, 6.45) is 5.03. The summed E-state index contributed by atoms with van der Waals surface area (Å²) in [6.45, 7) is 4.41. The number of unbranched alkanes of at least 4 members (excludes halogenated alkanes) is 3. The highest BCUT2D eigenvalue weighted by Gasteiger charge is 2.11. The molecule has 0 radical (unpaired) electrons. The van der Waals surface area contributed by atoms with Crippen LogP contribution in [0.4, 0.5) is 0 Å². The molecule has 0 amide bonds. The van der Waals surface area contributed by atoms with E-state index in [1.807, 2.05) is 24.3 Å². The fourth-order valence-corrected chi connectivity index (χ4v) is 3.46. The lowest BCUT2D eigenvalue weighted by atomic mass is 10.1. The first-order valence-electron chi connectivity index (χ1n) is 9.19. The average Bonchev–Trinajstić information content (AvgIpc) is 2.66. The summed E-state index contributed by atoms with van der Waals surface area (Å²) in [5.74, 6) is 1.39. The minimum Gasteiger partial charge on any atom is -0.493 e. The maximum absolute atomic E-state index is 6.06. The predicted molar refractivity (Wildman–Crippen MR) is 117 cm³/mol. The molecule has 0 aliphatic rings. The van der Waals surface area contributed by atoms with Crippen LogP contribution in [0, 0.1) is 0 Å². The number of halogens is 3. The van der Waals surface area contributed by atoms with E-state index in [-0.39, 0.29) is 0 Å². The maximum atomic E-state index is 6.06. The van der Waals surface area contributed by atoms with Crippen LogP contribution >= 0.6 is 39.1 Å². The molecule has 0 saturated carbocycles. The van der Waals surface area contributed by atoms with Crippen LogP contribution in [0.2, 0.25) is 10.0 Å². The van der Waals surface area contributed by atoms with Crippen molar-refractivity contribution in [1.82, 2.24) is 5.32 Å². The van der Waals surface area contributed by atoms with Gasteiger partial charge in [-0.25, -0.2) is 0 Å². The second-order valence-corrected chi connectivity index (χ2v) is 8.04. The Morgan fingerprint density at radius 3 is 2.52 bits per heavy atom. The molecule has 2 aromatic rings. The molecule has 0 atom stereocenters. The van der Waals surface area contributed by atoms with E-state index < -0.39 is 0 Å². The highest BCUT2D eigenvalue weighted by molar-refractivity contribution is 9.10. The van der Waals surface area contributed by atoms with E-state index in [0.29, 0.717) is 28.2 Å². The standard InChI is InChI=1S/C21H26BrCl2NO2/c1-3-4-5-6-9-25-13-16-11-20(26-2)21(12-17(16)22)27-14-15-7-8-18(23)19(24)10-15/h7-8,10-12,25H,3-6,9,13-14H2,1-2H3. The second kappa shape index (κ2) is 11.8. The Bertz CT molecular complexity index is 740. The van der Waals surface area contributed by atoms with Crippen molar-refractivity contribution in [2.45, 2.75) is 45.8 Å². The molecule has 0 unspecified atom stereocenters. The van der Waals surface area contributed by atoms with Crippen molar-refractivity contribution in [2.75, 3.05) is 13.7 Å². The molecule has 6 heteroatoms. The number of methoxy groups -OCH3 is 1. The van der Waals surface area contributed by atoms with Gasteiger partial charge < -0.3 is 14.8 Å². The highest BCUT2D eigenvalue weighted by atomic mass is 79.9. The molecule has 0 spiro atoms. The Balaban J connectivity index is 1.96. The molecule has 3 nitrogen and oxygen atoms in total. The Morgan fingerprint density at radius 2 is 1.81 bits per heavy atom. The molecule has 27 heavy (non-hydrogen) atoms. The molecule has 0 bridgehead atoms. The second-order valence-electron chi connectivity index (χ2n) is 6.37. The first-order valence-corrected chi connectivity index (χ1v) is 10.7. The Morgan fingerprint density at radius 1 is 1.00 bits per heavy atom. The summed E-state index contributed by atoms with van der Waals surface area (Å²) in [6, 6.07) is 9.43. The number of rotatable bonds is 11. The number of hydrogen-bond donors (Lipinski definition) is 1. The van der Waals surface area contributed by atoms with E-state index in [4.69, 9.17) is 32.7 Å². The quantitative estimate of drug-likeness (QED) is 0.355.